The van der Waals surface area contributed by atoms with Crippen LogP contribution in [0.3, 0.4) is 0 Å². The summed E-state index contributed by atoms with van der Waals surface area (Å²) < 4.78 is 1.94. The minimum Gasteiger partial charge on any atom is -0.504 e. The fourth-order valence-electron chi connectivity index (χ4n) is 1.79. The van der Waals surface area contributed by atoms with Crippen LogP contribution < -0.4 is 0 Å². The molecule has 0 aliphatic carbocycles. The van der Waals surface area contributed by atoms with Crippen molar-refractivity contribution in [1.29, 1.82) is 0 Å². The molecule has 86 valence electrons. The first-order valence-electron chi connectivity index (χ1n) is 5.50. The van der Waals surface area contributed by atoms with E-state index in [9.17, 15) is 5.11 Å². The summed E-state index contributed by atoms with van der Waals surface area (Å²) in [5.41, 5.74) is 1.59. The van der Waals surface area contributed by atoms with Crippen molar-refractivity contribution in [1.82, 2.24) is 9.78 Å². The van der Waals surface area contributed by atoms with Crippen LogP contribution in [-0.4, -0.2) is 14.9 Å². The molecule has 1 aromatic rings. The summed E-state index contributed by atoms with van der Waals surface area (Å²) in [6.45, 7) is 13.3. The van der Waals surface area contributed by atoms with Crippen molar-refractivity contribution in [3.63, 3.8) is 0 Å². The van der Waals surface area contributed by atoms with Crippen LogP contribution in [0.25, 0.3) is 0 Å². The van der Waals surface area contributed by atoms with Crippen LogP contribution in [0.5, 0.6) is 5.75 Å². The Labute approximate surface area is 92.1 Å². The second kappa shape index (κ2) is 3.87. The van der Waals surface area contributed by atoms with E-state index in [0.717, 1.165) is 17.9 Å². The van der Waals surface area contributed by atoms with Crippen molar-refractivity contribution >= 4 is 0 Å². The molecule has 0 bridgehead atoms. The molecular formula is C12H22N2O. The quantitative estimate of drug-likeness (QED) is 0.815. The Morgan fingerprint density at radius 3 is 2.27 bits per heavy atom. The molecule has 0 amide bonds. The number of aryl methyl sites for hydroxylation is 1. The van der Waals surface area contributed by atoms with Gasteiger partial charge < -0.3 is 5.11 Å². The molecule has 1 heterocycles. The highest BCUT2D eigenvalue weighted by molar-refractivity contribution is 5.35. The molecule has 0 saturated heterocycles. The van der Waals surface area contributed by atoms with E-state index in [4.69, 9.17) is 0 Å². The minimum atomic E-state index is -0.0692. The maximum atomic E-state index is 9.98. The fourth-order valence-corrected chi connectivity index (χ4v) is 1.79. The average molecular weight is 210 g/mol. The first-order valence-corrected chi connectivity index (χ1v) is 5.50. The summed E-state index contributed by atoms with van der Waals surface area (Å²) in [5, 5.41) is 14.4. The number of hydrogen-bond donors (Lipinski definition) is 1. The van der Waals surface area contributed by atoms with Crippen LogP contribution in [0.2, 0.25) is 0 Å². The largest absolute Gasteiger partial charge is 0.504 e. The Hall–Kier alpha value is -0.990. The number of aromatic nitrogens is 2. The normalized spacial score (nSPS) is 12.5. The van der Waals surface area contributed by atoms with Crippen LogP contribution in [0.1, 0.15) is 46.0 Å². The van der Waals surface area contributed by atoms with Crippen LogP contribution >= 0.6 is 0 Å². The van der Waals surface area contributed by atoms with Crippen LogP contribution in [0, 0.1) is 12.8 Å². The van der Waals surface area contributed by atoms with Gasteiger partial charge in [0, 0.05) is 12.0 Å². The van der Waals surface area contributed by atoms with Gasteiger partial charge in [0.2, 0.25) is 0 Å². The van der Waals surface area contributed by atoms with Gasteiger partial charge in [-0.05, 0) is 12.8 Å². The van der Waals surface area contributed by atoms with Gasteiger partial charge in [0.15, 0.2) is 5.75 Å². The molecular weight excluding hydrogens is 188 g/mol. The van der Waals surface area contributed by atoms with Gasteiger partial charge >= 0.3 is 0 Å². The van der Waals surface area contributed by atoms with Crippen molar-refractivity contribution in [2.75, 3.05) is 0 Å². The first-order chi connectivity index (χ1) is 6.73. The van der Waals surface area contributed by atoms with Crippen molar-refractivity contribution in [2.24, 2.45) is 5.92 Å². The summed E-state index contributed by atoms with van der Waals surface area (Å²) in [6.07, 6.45) is 0. The van der Waals surface area contributed by atoms with E-state index in [0.29, 0.717) is 11.7 Å². The Balaban J connectivity index is 3.21. The predicted molar refractivity (Wildman–Crippen MR) is 62.2 cm³/mol. The number of rotatable bonds is 2. The molecule has 0 radical (unpaired) electrons. The Morgan fingerprint density at radius 1 is 1.33 bits per heavy atom. The third kappa shape index (κ3) is 2.52. The van der Waals surface area contributed by atoms with Gasteiger partial charge in [0.1, 0.15) is 5.69 Å². The molecule has 0 aliphatic rings. The van der Waals surface area contributed by atoms with Gasteiger partial charge in [-0.1, -0.05) is 34.6 Å². The molecule has 3 nitrogen and oxygen atoms in total. The fraction of sp³-hybridized carbons (Fsp3) is 0.750. The Morgan fingerprint density at radius 2 is 1.87 bits per heavy atom. The highest BCUT2D eigenvalue weighted by atomic mass is 16.3. The van der Waals surface area contributed by atoms with Crippen LogP contribution in [0.15, 0.2) is 0 Å². The zero-order chi connectivity index (χ0) is 11.8. The standard InChI is InChI=1S/C12H22N2O/c1-8(2)7-14-11(12(4,5)6)10(15)9(3)13-14/h8,15H,7H2,1-6H3. The second-order valence-electron chi connectivity index (χ2n) is 5.61. The molecule has 0 unspecified atom stereocenters. The van der Waals surface area contributed by atoms with E-state index in [1.807, 2.05) is 11.6 Å². The number of hydrogen-bond acceptors (Lipinski definition) is 2. The van der Waals surface area contributed by atoms with Crippen LogP contribution in [0.4, 0.5) is 0 Å². The lowest BCUT2D eigenvalue weighted by molar-refractivity contribution is 0.401. The number of aromatic hydroxyl groups is 1. The highest BCUT2D eigenvalue weighted by Crippen LogP contribution is 2.33. The van der Waals surface area contributed by atoms with E-state index < -0.39 is 0 Å². The summed E-state index contributed by atoms with van der Waals surface area (Å²) in [5.74, 6) is 0.882. The molecule has 0 aromatic carbocycles. The van der Waals surface area contributed by atoms with E-state index in [1.165, 1.54) is 0 Å². The molecule has 0 saturated carbocycles. The molecule has 0 aliphatic heterocycles. The van der Waals surface area contributed by atoms with Crippen LogP contribution in [-0.2, 0) is 12.0 Å². The van der Waals surface area contributed by atoms with Crippen molar-refractivity contribution < 1.29 is 5.11 Å². The maximum Gasteiger partial charge on any atom is 0.160 e. The second-order valence-corrected chi connectivity index (χ2v) is 5.61. The highest BCUT2D eigenvalue weighted by Gasteiger charge is 2.26. The third-order valence-corrected chi connectivity index (χ3v) is 2.34. The lowest BCUT2D eigenvalue weighted by atomic mass is 9.91. The Bertz CT molecular complexity index is 345. The lowest BCUT2D eigenvalue weighted by Gasteiger charge is -2.21. The summed E-state index contributed by atoms with van der Waals surface area (Å²) in [4.78, 5) is 0. The van der Waals surface area contributed by atoms with E-state index in [-0.39, 0.29) is 5.41 Å². The molecule has 1 aromatic heterocycles. The van der Waals surface area contributed by atoms with Gasteiger partial charge in [-0.2, -0.15) is 5.10 Å². The minimum absolute atomic E-state index is 0.0692. The molecule has 0 atom stereocenters. The van der Waals surface area contributed by atoms with E-state index in [2.05, 4.69) is 39.7 Å². The average Bonchev–Trinajstić information content (AvgIpc) is 2.24. The SMILES string of the molecule is Cc1nn(CC(C)C)c(C(C)(C)C)c1O. The van der Waals surface area contributed by atoms with Crippen molar-refractivity contribution in [3.8, 4) is 5.75 Å². The number of nitrogens with zero attached hydrogens (tertiary/aromatic N) is 2. The van der Waals surface area contributed by atoms with Crippen molar-refractivity contribution in [3.05, 3.63) is 11.4 Å². The summed E-state index contributed by atoms with van der Waals surface area (Å²) in [6, 6.07) is 0. The van der Waals surface area contributed by atoms with Crippen molar-refractivity contribution in [2.45, 2.75) is 53.5 Å². The molecule has 3 heteroatoms. The summed E-state index contributed by atoms with van der Waals surface area (Å²) >= 11 is 0. The maximum absolute atomic E-state index is 9.98. The lowest BCUT2D eigenvalue weighted by Crippen LogP contribution is -2.20. The molecule has 1 N–H and O–H groups in total. The monoisotopic (exact) mass is 210 g/mol. The Kier molecular flexibility index (Phi) is 3.12. The summed E-state index contributed by atoms with van der Waals surface area (Å²) in [7, 11) is 0. The van der Waals surface area contributed by atoms with Gasteiger partial charge in [-0.25, -0.2) is 0 Å². The molecule has 15 heavy (non-hydrogen) atoms. The predicted octanol–water partition coefficient (Wildman–Crippen LogP) is 2.85. The first kappa shape index (κ1) is 12.1. The van der Waals surface area contributed by atoms with E-state index >= 15 is 0 Å². The van der Waals surface area contributed by atoms with Gasteiger partial charge in [0.05, 0.1) is 5.69 Å². The third-order valence-electron chi connectivity index (χ3n) is 2.34. The van der Waals surface area contributed by atoms with Gasteiger partial charge in [-0.15, -0.1) is 0 Å². The van der Waals surface area contributed by atoms with Gasteiger partial charge in [-0.3, -0.25) is 4.68 Å². The van der Waals surface area contributed by atoms with Gasteiger partial charge in [0.25, 0.3) is 0 Å². The zero-order valence-corrected chi connectivity index (χ0v) is 10.6. The smallest absolute Gasteiger partial charge is 0.160 e. The zero-order valence-electron chi connectivity index (χ0n) is 10.6. The van der Waals surface area contributed by atoms with E-state index in [1.54, 1.807) is 0 Å². The topological polar surface area (TPSA) is 38.0 Å². The molecule has 1 rings (SSSR count). The molecule has 0 fully saturated rings. The molecule has 0 spiro atoms.